The van der Waals surface area contributed by atoms with Crippen molar-refractivity contribution in [1.29, 1.82) is 0 Å². The fraction of sp³-hybridized carbons (Fsp3) is 0.562. The molecule has 19 heavy (non-hydrogen) atoms. The molecule has 3 heteroatoms. The molecule has 102 valence electrons. The lowest BCUT2D eigenvalue weighted by Crippen LogP contribution is -2.39. The number of hydrogen-bond donors (Lipinski definition) is 1. The third-order valence-corrected chi connectivity index (χ3v) is 4.61. The lowest BCUT2D eigenvalue weighted by molar-refractivity contribution is -0.121. The highest BCUT2D eigenvalue weighted by Crippen LogP contribution is 2.44. The summed E-state index contributed by atoms with van der Waals surface area (Å²) < 4.78 is 5.11. The SMILES string of the molecule is COc1ccc(CC(=O)N[C@@H]2C[C@@H]3CC[C@@H]2C3)cc1. The molecule has 3 nitrogen and oxygen atoms in total. The Bertz CT molecular complexity index is 454. The molecule has 2 aliphatic carbocycles. The number of ether oxygens (including phenoxy) is 1. The van der Waals surface area contributed by atoms with E-state index in [4.69, 9.17) is 4.74 Å². The largest absolute Gasteiger partial charge is 0.497 e. The van der Waals surface area contributed by atoms with Crippen molar-refractivity contribution in [2.75, 3.05) is 7.11 Å². The van der Waals surface area contributed by atoms with Crippen molar-refractivity contribution < 1.29 is 9.53 Å². The van der Waals surface area contributed by atoms with Gasteiger partial charge in [-0.2, -0.15) is 0 Å². The molecule has 1 aromatic carbocycles. The van der Waals surface area contributed by atoms with Crippen LogP contribution in [0.1, 0.15) is 31.2 Å². The van der Waals surface area contributed by atoms with Gasteiger partial charge in [-0.25, -0.2) is 0 Å². The van der Waals surface area contributed by atoms with Crippen LogP contribution in [-0.2, 0) is 11.2 Å². The van der Waals surface area contributed by atoms with Gasteiger partial charge in [0.1, 0.15) is 5.75 Å². The zero-order chi connectivity index (χ0) is 13.2. The number of hydrogen-bond acceptors (Lipinski definition) is 2. The Morgan fingerprint density at radius 2 is 2.05 bits per heavy atom. The van der Waals surface area contributed by atoms with Gasteiger partial charge in [0.05, 0.1) is 13.5 Å². The van der Waals surface area contributed by atoms with Gasteiger partial charge in [-0.1, -0.05) is 18.6 Å². The van der Waals surface area contributed by atoms with E-state index in [-0.39, 0.29) is 5.91 Å². The average Bonchev–Trinajstić information content (AvgIpc) is 3.02. The number of amides is 1. The fourth-order valence-electron chi connectivity index (χ4n) is 3.61. The molecule has 0 aromatic heterocycles. The topological polar surface area (TPSA) is 38.3 Å². The highest BCUT2D eigenvalue weighted by atomic mass is 16.5. The predicted octanol–water partition coefficient (Wildman–Crippen LogP) is 2.54. The van der Waals surface area contributed by atoms with Crippen LogP contribution in [0.2, 0.25) is 0 Å². The standard InChI is InChI=1S/C16H21NO2/c1-19-14-6-3-11(4-7-14)10-16(18)17-15-9-12-2-5-13(15)8-12/h3-4,6-7,12-13,15H,2,5,8-10H2,1H3,(H,17,18)/t12-,13-,15-/m1/s1. The zero-order valence-electron chi connectivity index (χ0n) is 11.4. The third-order valence-electron chi connectivity index (χ3n) is 4.61. The molecular weight excluding hydrogens is 238 g/mol. The first-order valence-corrected chi connectivity index (χ1v) is 7.17. The second-order valence-electron chi connectivity index (χ2n) is 5.87. The molecule has 0 unspecified atom stereocenters. The molecule has 1 aromatic rings. The predicted molar refractivity (Wildman–Crippen MR) is 74.1 cm³/mol. The molecule has 2 bridgehead atoms. The summed E-state index contributed by atoms with van der Waals surface area (Å²) in [6.45, 7) is 0. The van der Waals surface area contributed by atoms with Crippen molar-refractivity contribution in [1.82, 2.24) is 5.32 Å². The van der Waals surface area contributed by atoms with Crippen LogP contribution < -0.4 is 10.1 Å². The van der Waals surface area contributed by atoms with Crippen molar-refractivity contribution in [2.24, 2.45) is 11.8 Å². The monoisotopic (exact) mass is 259 g/mol. The summed E-state index contributed by atoms with van der Waals surface area (Å²) in [6, 6.07) is 8.16. The Hall–Kier alpha value is -1.51. The molecule has 0 aliphatic heterocycles. The highest BCUT2D eigenvalue weighted by molar-refractivity contribution is 5.79. The van der Waals surface area contributed by atoms with Gasteiger partial charge in [-0.15, -0.1) is 0 Å². The maximum absolute atomic E-state index is 12.1. The van der Waals surface area contributed by atoms with E-state index in [9.17, 15) is 4.79 Å². The normalized spacial score (nSPS) is 28.4. The Labute approximate surface area is 114 Å². The Kier molecular flexibility index (Phi) is 3.45. The number of carbonyl (C=O) groups is 1. The van der Waals surface area contributed by atoms with E-state index in [1.807, 2.05) is 24.3 Å². The quantitative estimate of drug-likeness (QED) is 0.902. The molecule has 2 aliphatic rings. The van der Waals surface area contributed by atoms with Crippen LogP contribution >= 0.6 is 0 Å². The van der Waals surface area contributed by atoms with E-state index in [0.717, 1.165) is 23.1 Å². The van der Waals surface area contributed by atoms with E-state index in [2.05, 4.69) is 5.32 Å². The summed E-state index contributed by atoms with van der Waals surface area (Å²) in [7, 11) is 1.65. The minimum Gasteiger partial charge on any atom is -0.497 e. The minimum absolute atomic E-state index is 0.155. The number of rotatable bonds is 4. The average molecular weight is 259 g/mol. The Morgan fingerprint density at radius 1 is 1.26 bits per heavy atom. The van der Waals surface area contributed by atoms with E-state index < -0.39 is 0 Å². The smallest absolute Gasteiger partial charge is 0.224 e. The number of nitrogens with one attached hydrogen (secondary N) is 1. The first-order valence-electron chi connectivity index (χ1n) is 7.17. The second-order valence-corrected chi connectivity index (χ2v) is 5.87. The van der Waals surface area contributed by atoms with Crippen LogP contribution in [0.4, 0.5) is 0 Å². The van der Waals surface area contributed by atoms with Gasteiger partial charge < -0.3 is 10.1 Å². The summed E-state index contributed by atoms with van der Waals surface area (Å²) in [6.07, 6.45) is 5.66. The minimum atomic E-state index is 0.155. The van der Waals surface area contributed by atoms with Crippen molar-refractivity contribution in [2.45, 2.75) is 38.1 Å². The van der Waals surface area contributed by atoms with Crippen molar-refractivity contribution in [3.05, 3.63) is 29.8 Å². The molecule has 1 amide bonds. The first-order chi connectivity index (χ1) is 9.24. The molecule has 0 heterocycles. The van der Waals surface area contributed by atoms with Gasteiger partial charge in [0.15, 0.2) is 0 Å². The molecule has 2 saturated carbocycles. The molecule has 0 saturated heterocycles. The van der Waals surface area contributed by atoms with Gasteiger partial charge in [0, 0.05) is 6.04 Å². The summed E-state index contributed by atoms with van der Waals surface area (Å²) in [4.78, 5) is 12.1. The van der Waals surface area contributed by atoms with Crippen LogP contribution in [0, 0.1) is 11.8 Å². The number of fused-ring (bicyclic) bond motifs is 2. The van der Waals surface area contributed by atoms with Crippen LogP contribution in [-0.4, -0.2) is 19.1 Å². The molecule has 2 fully saturated rings. The second kappa shape index (κ2) is 5.24. The summed E-state index contributed by atoms with van der Waals surface area (Å²) >= 11 is 0. The van der Waals surface area contributed by atoms with Gasteiger partial charge >= 0.3 is 0 Å². The van der Waals surface area contributed by atoms with Gasteiger partial charge in [-0.05, 0) is 48.8 Å². The number of benzene rings is 1. The summed E-state index contributed by atoms with van der Waals surface area (Å²) in [5, 5.41) is 3.22. The Morgan fingerprint density at radius 3 is 2.63 bits per heavy atom. The van der Waals surface area contributed by atoms with Crippen molar-refractivity contribution >= 4 is 5.91 Å². The van der Waals surface area contributed by atoms with E-state index in [0.29, 0.717) is 12.5 Å². The molecular formula is C16H21NO2. The zero-order valence-corrected chi connectivity index (χ0v) is 11.4. The maximum Gasteiger partial charge on any atom is 0.224 e. The van der Waals surface area contributed by atoms with Gasteiger partial charge in [-0.3, -0.25) is 4.79 Å². The summed E-state index contributed by atoms with van der Waals surface area (Å²) in [5.41, 5.74) is 1.04. The molecule has 3 rings (SSSR count). The van der Waals surface area contributed by atoms with Crippen LogP contribution in [0.25, 0.3) is 0 Å². The van der Waals surface area contributed by atoms with Crippen LogP contribution in [0.5, 0.6) is 5.75 Å². The number of methoxy groups -OCH3 is 1. The van der Waals surface area contributed by atoms with Gasteiger partial charge in [0.2, 0.25) is 5.91 Å². The summed E-state index contributed by atoms with van der Waals surface area (Å²) in [5.74, 6) is 2.60. The molecule has 0 radical (unpaired) electrons. The van der Waals surface area contributed by atoms with E-state index in [1.165, 1.54) is 25.7 Å². The molecule has 0 spiro atoms. The fourth-order valence-corrected chi connectivity index (χ4v) is 3.61. The third kappa shape index (κ3) is 2.75. The Balaban J connectivity index is 1.53. The molecule has 3 atom stereocenters. The van der Waals surface area contributed by atoms with Crippen LogP contribution in [0.3, 0.4) is 0 Å². The van der Waals surface area contributed by atoms with Crippen molar-refractivity contribution in [3.63, 3.8) is 0 Å². The molecule has 1 N–H and O–H groups in total. The van der Waals surface area contributed by atoms with Crippen LogP contribution in [0.15, 0.2) is 24.3 Å². The number of carbonyl (C=O) groups excluding carboxylic acids is 1. The maximum atomic E-state index is 12.1. The lowest BCUT2D eigenvalue weighted by Gasteiger charge is -2.22. The van der Waals surface area contributed by atoms with Gasteiger partial charge in [0.25, 0.3) is 0 Å². The lowest BCUT2D eigenvalue weighted by atomic mass is 9.95. The highest BCUT2D eigenvalue weighted by Gasteiger charge is 2.39. The first kappa shape index (κ1) is 12.5. The van der Waals surface area contributed by atoms with E-state index in [1.54, 1.807) is 7.11 Å². The van der Waals surface area contributed by atoms with Crippen molar-refractivity contribution in [3.8, 4) is 5.75 Å². The van der Waals surface area contributed by atoms with E-state index >= 15 is 0 Å².